The molecule has 0 heterocycles. The first-order valence-corrected chi connectivity index (χ1v) is 6.92. The second-order valence-electron chi connectivity index (χ2n) is 3.98. The van der Waals surface area contributed by atoms with Crippen molar-refractivity contribution in [3.05, 3.63) is 29.6 Å². The van der Waals surface area contributed by atoms with Crippen molar-refractivity contribution in [2.24, 2.45) is 0 Å². The Bertz CT molecular complexity index is 572. The molecule has 0 spiro atoms. The monoisotopic (exact) mass is 291 g/mol. The molecule has 0 bridgehead atoms. The summed E-state index contributed by atoms with van der Waals surface area (Å²) >= 11 is 0. The minimum Gasteiger partial charge on any atom is -0.478 e. The molecule has 3 N–H and O–H groups in total. The minimum absolute atomic E-state index is 0.187. The molecule has 1 atom stereocenters. The van der Waals surface area contributed by atoms with Crippen LogP contribution in [0.15, 0.2) is 23.1 Å². The summed E-state index contributed by atoms with van der Waals surface area (Å²) in [5.74, 6) is -2.55. The lowest BCUT2D eigenvalue weighted by atomic mass is 10.2. The molecule has 19 heavy (non-hydrogen) atoms. The molecule has 1 unspecified atom stereocenters. The van der Waals surface area contributed by atoms with Crippen molar-refractivity contribution < 1.29 is 27.8 Å². The summed E-state index contributed by atoms with van der Waals surface area (Å²) in [4.78, 5) is 10.4. The smallest absolute Gasteiger partial charge is 0.338 e. The van der Waals surface area contributed by atoms with Crippen LogP contribution in [0.4, 0.5) is 4.39 Å². The van der Waals surface area contributed by atoms with Gasteiger partial charge in [-0.15, -0.1) is 0 Å². The largest absolute Gasteiger partial charge is 0.478 e. The predicted molar refractivity (Wildman–Crippen MR) is 64.8 cm³/mol. The number of hydrogen-bond acceptors (Lipinski definition) is 4. The van der Waals surface area contributed by atoms with Gasteiger partial charge in [0.05, 0.1) is 10.5 Å². The summed E-state index contributed by atoms with van der Waals surface area (Å²) in [6.45, 7) is 1.36. The second-order valence-corrected chi connectivity index (χ2v) is 5.70. The van der Waals surface area contributed by atoms with Gasteiger partial charge in [-0.05, 0) is 31.5 Å². The van der Waals surface area contributed by atoms with E-state index in [-0.39, 0.29) is 17.9 Å². The molecule has 1 aromatic carbocycles. The quantitative estimate of drug-likeness (QED) is 0.711. The molecule has 0 aliphatic rings. The summed E-state index contributed by atoms with van der Waals surface area (Å²) in [6, 6.07) is 2.00. The molecular formula is C11H14FNO5S. The van der Waals surface area contributed by atoms with Gasteiger partial charge in [0.15, 0.2) is 0 Å². The van der Waals surface area contributed by atoms with Gasteiger partial charge in [-0.25, -0.2) is 22.3 Å². The van der Waals surface area contributed by atoms with Crippen molar-refractivity contribution in [2.45, 2.75) is 24.3 Å². The van der Waals surface area contributed by atoms with Gasteiger partial charge in [0, 0.05) is 12.6 Å². The SMILES string of the molecule is CC(CCO)NS(=O)(=O)c1ccc(F)c(C(=O)O)c1. The van der Waals surface area contributed by atoms with E-state index in [2.05, 4.69) is 4.72 Å². The normalized spacial score (nSPS) is 13.2. The van der Waals surface area contributed by atoms with E-state index < -0.39 is 33.4 Å². The van der Waals surface area contributed by atoms with Crippen LogP contribution in [0.2, 0.25) is 0 Å². The highest BCUT2D eigenvalue weighted by Gasteiger charge is 2.20. The maximum atomic E-state index is 13.2. The van der Waals surface area contributed by atoms with E-state index in [1.165, 1.54) is 0 Å². The van der Waals surface area contributed by atoms with E-state index in [4.69, 9.17) is 10.2 Å². The van der Waals surface area contributed by atoms with Gasteiger partial charge in [0.25, 0.3) is 0 Å². The Balaban J connectivity index is 3.08. The van der Waals surface area contributed by atoms with E-state index in [0.717, 1.165) is 18.2 Å². The molecule has 0 fully saturated rings. The number of sulfonamides is 1. The minimum atomic E-state index is -3.95. The van der Waals surface area contributed by atoms with Gasteiger partial charge in [0.1, 0.15) is 5.82 Å². The fourth-order valence-electron chi connectivity index (χ4n) is 1.42. The number of aliphatic hydroxyl groups is 1. The van der Waals surface area contributed by atoms with Crippen molar-refractivity contribution in [2.75, 3.05) is 6.61 Å². The third kappa shape index (κ3) is 3.98. The van der Waals surface area contributed by atoms with E-state index in [1.807, 2.05) is 0 Å². The summed E-state index contributed by atoms with van der Waals surface area (Å²) in [7, 11) is -3.95. The third-order valence-electron chi connectivity index (χ3n) is 2.40. The van der Waals surface area contributed by atoms with Gasteiger partial charge >= 0.3 is 5.97 Å². The molecule has 6 nitrogen and oxygen atoms in total. The first-order chi connectivity index (χ1) is 8.77. The lowest BCUT2D eigenvalue weighted by Gasteiger charge is -2.13. The van der Waals surface area contributed by atoms with Gasteiger partial charge in [-0.1, -0.05) is 0 Å². The zero-order valence-electron chi connectivity index (χ0n) is 10.1. The summed E-state index contributed by atoms with van der Waals surface area (Å²) in [5, 5.41) is 17.4. The van der Waals surface area contributed by atoms with E-state index in [9.17, 15) is 17.6 Å². The maximum Gasteiger partial charge on any atom is 0.338 e. The fourth-order valence-corrected chi connectivity index (χ4v) is 2.72. The van der Waals surface area contributed by atoms with Gasteiger partial charge in [0.2, 0.25) is 10.0 Å². The molecule has 0 aromatic heterocycles. The van der Waals surface area contributed by atoms with Crippen LogP contribution in [0.3, 0.4) is 0 Å². The standard InChI is InChI=1S/C11H14FNO5S/c1-7(4-5-14)13-19(17,18)8-2-3-10(12)9(6-8)11(15)16/h2-3,6-7,13-14H,4-5H2,1H3,(H,15,16). The Kier molecular flexibility index (Phi) is 4.98. The van der Waals surface area contributed by atoms with E-state index in [1.54, 1.807) is 6.92 Å². The molecule has 0 aliphatic heterocycles. The molecule has 0 aliphatic carbocycles. The average Bonchev–Trinajstić information content (AvgIpc) is 2.28. The first-order valence-electron chi connectivity index (χ1n) is 5.44. The first kappa shape index (κ1) is 15.5. The van der Waals surface area contributed by atoms with Gasteiger partial charge < -0.3 is 10.2 Å². The van der Waals surface area contributed by atoms with Crippen molar-refractivity contribution in [1.82, 2.24) is 4.72 Å². The molecule has 0 saturated heterocycles. The zero-order chi connectivity index (χ0) is 14.6. The Hall–Kier alpha value is -1.51. The van der Waals surface area contributed by atoms with Crippen molar-refractivity contribution >= 4 is 16.0 Å². The number of aliphatic hydroxyl groups excluding tert-OH is 1. The van der Waals surface area contributed by atoms with Crippen LogP contribution in [-0.2, 0) is 10.0 Å². The summed E-state index contributed by atoms with van der Waals surface area (Å²) in [6.07, 6.45) is 0.214. The molecule has 8 heteroatoms. The van der Waals surface area contributed by atoms with Crippen LogP contribution in [0.5, 0.6) is 0 Å². The second kappa shape index (κ2) is 6.09. The lowest BCUT2D eigenvalue weighted by molar-refractivity contribution is 0.0691. The van der Waals surface area contributed by atoms with Crippen molar-refractivity contribution in [3.63, 3.8) is 0 Å². The van der Waals surface area contributed by atoms with Crippen LogP contribution in [0.25, 0.3) is 0 Å². The highest BCUT2D eigenvalue weighted by Crippen LogP contribution is 2.15. The molecule has 106 valence electrons. The Morgan fingerprint density at radius 2 is 2.11 bits per heavy atom. The predicted octanol–water partition coefficient (Wildman–Crippen LogP) is 0.573. The van der Waals surface area contributed by atoms with Crippen molar-refractivity contribution in [3.8, 4) is 0 Å². The summed E-state index contributed by atoms with van der Waals surface area (Å²) < 4.78 is 39.2. The Morgan fingerprint density at radius 3 is 2.63 bits per heavy atom. The number of carboxylic acids is 1. The number of benzene rings is 1. The van der Waals surface area contributed by atoms with Gasteiger partial charge in [-0.3, -0.25) is 0 Å². The number of aromatic carboxylic acids is 1. The number of carbonyl (C=O) groups is 1. The third-order valence-corrected chi connectivity index (χ3v) is 3.98. The maximum absolute atomic E-state index is 13.2. The molecule has 0 amide bonds. The fraction of sp³-hybridized carbons (Fsp3) is 0.364. The zero-order valence-corrected chi connectivity index (χ0v) is 10.9. The number of nitrogens with one attached hydrogen (secondary N) is 1. The van der Waals surface area contributed by atoms with Crippen LogP contribution < -0.4 is 4.72 Å². The average molecular weight is 291 g/mol. The molecular weight excluding hydrogens is 277 g/mol. The topological polar surface area (TPSA) is 104 Å². The van der Waals surface area contributed by atoms with Crippen molar-refractivity contribution in [1.29, 1.82) is 0 Å². The van der Waals surface area contributed by atoms with Crippen LogP contribution in [0.1, 0.15) is 23.7 Å². The molecule has 1 rings (SSSR count). The Labute approximate surface area is 109 Å². The number of carboxylic acid groups (broad SMARTS) is 1. The van der Waals surface area contributed by atoms with Crippen LogP contribution in [-0.4, -0.2) is 37.2 Å². The summed E-state index contributed by atoms with van der Waals surface area (Å²) in [5.41, 5.74) is -0.710. The number of hydrogen-bond donors (Lipinski definition) is 3. The number of rotatable bonds is 6. The van der Waals surface area contributed by atoms with E-state index >= 15 is 0 Å². The van der Waals surface area contributed by atoms with Gasteiger partial charge in [-0.2, -0.15) is 0 Å². The molecule has 0 radical (unpaired) electrons. The van der Waals surface area contributed by atoms with Crippen LogP contribution >= 0.6 is 0 Å². The van der Waals surface area contributed by atoms with Crippen LogP contribution in [0, 0.1) is 5.82 Å². The van der Waals surface area contributed by atoms with E-state index in [0.29, 0.717) is 0 Å². The molecule has 1 aromatic rings. The highest BCUT2D eigenvalue weighted by atomic mass is 32.2. The molecule has 0 saturated carbocycles. The Morgan fingerprint density at radius 1 is 1.47 bits per heavy atom. The lowest BCUT2D eigenvalue weighted by Crippen LogP contribution is -2.33. The highest BCUT2D eigenvalue weighted by molar-refractivity contribution is 7.89. The number of halogens is 1.